The Balaban J connectivity index is 1.85. The van der Waals surface area contributed by atoms with Crippen LogP contribution in [0.3, 0.4) is 0 Å². The van der Waals surface area contributed by atoms with Gasteiger partial charge in [-0.3, -0.25) is 4.79 Å². The molecule has 1 aromatic carbocycles. The molecule has 0 radical (unpaired) electrons. The summed E-state index contributed by atoms with van der Waals surface area (Å²) in [6.45, 7) is 1.66. The topological polar surface area (TPSA) is 99.9 Å². The van der Waals surface area contributed by atoms with E-state index >= 15 is 0 Å². The average Bonchev–Trinajstić information content (AvgIpc) is 3.07. The van der Waals surface area contributed by atoms with Gasteiger partial charge < -0.3 is 13.9 Å². The average molecular weight is 366 g/mol. The third-order valence-corrected chi connectivity index (χ3v) is 5.11. The highest BCUT2D eigenvalue weighted by atomic mass is 32.2. The summed E-state index contributed by atoms with van der Waals surface area (Å²) in [4.78, 5) is 23.1. The second kappa shape index (κ2) is 7.98. The number of methoxy groups -OCH3 is 1. The number of carbonyl (C=O) groups excluding carboxylic acids is 2. The van der Waals surface area contributed by atoms with Crippen LogP contribution in [-0.2, 0) is 30.7 Å². The molecular formula is C17H18O7S. The van der Waals surface area contributed by atoms with Gasteiger partial charge in [0.15, 0.2) is 9.84 Å². The molecule has 0 aliphatic rings. The first-order valence-electron chi connectivity index (χ1n) is 7.44. The Labute approximate surface area is 145 Å². The van der Waals surface area contributed by atoms with Gasteiger partial charge in [0.25, 0.3) is 0 Å². The van der Waals surface area contributed by atoms with E-state index in [1.807, 2.05) is 6.92 Å². The summed E-state index contributed by atoms with van der Waals surface area (Å²) in [5.41, 5.74) is 0.947. The number of hydrogen-bond donors (Lipinski definition) is 0. The van der Waals surface area contributed by atoms with E-state index in [2.05, 4.69) is 4.74 Å². The van der Waals surface area contributed by atoms with Crippen molar-refractivity contribution in [3.63, 3.8) is 0 Å². The molecule has 0 atom stereocenters. The second-order valence-corrected chi connectivity index (χ2v) is 7.41. The molecule has 1 aromatic heterocycles. The first-order chi connectivity index (χ1) is 11.8. The summed E-state index contributed by atoms with van der Waals surface area (Å²) in [6.07, 6.45) is -0.277. The van der Waals surface area contributed by atoms with E-state index < -0.39 is 21.8 Å². The lowest BCUT2D eigenvalue weighted by molar-refractivity contribution is -0.145. The van der Waals surface area contributed by atoms with Gasteiger partial charge >= 0.3 is 11.9 Å². The highest BCUT2D eigenvalue weighted by Gasteiger charge is 2.18. The van der Waals surface area contributed by atoms with Crippen LogP contribution in [0.5, 0.6) is 0 Å². The Bertz CT molecular complexity index is 847. The summed E-state index contributed by atoms with van der Waals surface area (Å²) in [5.74, 6) is -1.40. The van der Waals surface area contributed by atoms with Crippen molar-refractivity contribution in [2.45, 2.75) is 24.8 Å². The molecule has 0 aliphatic heterocycles. The molecule has 7 nitrogen and oxygen atoms in total. The van der Waals surface area contributed by atoms with Crippen LogP contribution in [0, 0.1) is 6.92 Å². The van der Waals surface area contributed by atoms with Crippen molar-refractivity contribution in [3.05, 3.63) is 53.5 Å². The van der Waals surface area contributed by atoms with E-state index in [-0.39, 0.29) is 35.2 Å². The number of rotatable bonds is 7. The first-order valence-corrected chi connectivity index (χ1v) is 9.09. The maximum Gasteiger partial charge on any atom is 0.373 e. The quantitative estimate of drug-likeness (QED) is 0.693. The smallest absolute Gasteiger partial charge is 0.373 e. The fraction of sp³-hybridized carbons (Fsp3) is 0.294. The van der Waals surface area contributed by atoms with Gasteiger partial charge in [-0.1, -0.05) is 17.7 Å². The molecule has 0 unspecified atom stereocenters. The van der Waals surface area contributed by atoms with Crippen molar-refractivity contribution in [2.24, 2.45) is 0 Å². The summed E-state index contributed by atoms with van der Waals surface area (Å²) in [7, 11) is -2.33. The molecule has 0 saturated heterocycles. The third-order valence-electron chi connectivity index (χ3n) is 3.38. The van der Waals surface area contributed by atoms with E-state index in [4.69, 9.17) is 9.15 Å². The van der Waals surface area contributed by atoms with Gasteiger partial charge in [0.05, 0.1) is 24.2 Å². The fourth-order valence-electron chi connectivity index (χ4n) is 1.97. The molecule has 0 fully saturated rings. The molecule has 0 aliphatic carbocycles. The Morgan fingerprint density at radius 1 is 1.08 bits per heavy atom. The van der Waals surface area contributed by atoms with E-state index in [1.54, 1.807) is 12.1 Å². The van der Waals surface area contributed by atoms with E-state index in [0.29, 0.717) is 0 Å². The molecule has 0 N–H and O–H groups in total. The minimum atomic E-state index is -3.55. The molecular weight excluding hydrogens is 348 g/mol. The number of benzene rings is 1. The number of ether oxygens (including phenoxy) is 2. The third kappa shape index (κ3) is 5.18. The number of hydrogen-bond acceptors (Lipinski definition) is 7. The fourth-order valence-corrected chi connectivity index (χ4v) is 3.19. The van der Waals surface area contributed by atoms with Gasteiger partial charge in [-0.2, -0.15) is 0 Å². The lowest BCUT2D eigenvalue weighted by Crippen LogP contribution is -2.13. The van der Waals surface area contributed by atoms with Crippen LogP contribution in [0.1, 0.15) is 28.3 Å². The van der Waals surface area contributed by atoms with E-state index in [9.17, 15) is 18.0 Å². The lowest BCUT2D eigenvalue weighted by atomic mass is 10.2. The minimum Gasteiger partial charge on any atom is -0.463 e. The Morgan fingerprint density at radius 2 is 1.76 bits per heavy atom. The second-order valence-electron chi connectivity index (χ2n) is 5.30. The summed E-state index contributed by atoms with van der Waals surface area (Å²) in [6, 6.07) is 9.28. The molecule has 134 valence electrons. The zero-order chi connectivity index (χ0) is 18.4. The zero-order valence-corrected chi connectivity index (χ0v) is 14.7. The Hall–Kier alpha value is -2.61. The number of esters is 2. The van der Waals surface area contributed by atoms with Crippen LogP contribution < -0.4 is 0 Å². The maximum absolute atomic E-state index is 12.2. The number of sulfone groups is 1. The molecule has 0 bridgehead atoms. The summed E-state index contributed by atoms with van der Waals surface area (Å²) < 4.78 is 38.9. The number of furan rings is 1. The molecule has 0 saturated carbocycles. The highest BCUT2D eigenvalue weighted by Crippen LogP contribution is 2.14. The number of aryl methyl sites for hydroxylation is 1. The van der Waals surface area contributed by atoms with Crippen molar-refractivity contribution in [2.75, 3.05) is 12.9 Å². The van der Waals surface area contributed by atoms with Crippen LogP contribution in [0.4, 0.5) is 0 Å². The van der Waals surface area contributed by atoms with Gasteiger partial charge in [0, 0.05) is 0 Å². The van der Waals surface area contributed by atoms with Crippen molar-refractivity contribution in [3.8, 4) is 0 Å². The predicted octanol–water partition coefficient (Wildman–Crippen LogP) is 2.28. The molecule has 8 heteroatoms. The zero-order valence-electron chi connectivity index (χ0n) is 13.9. The molecule has 1 heterocycles. The SMILES string of the molecule is COC(=O)c1ccc(COC(=O)CCS(=O)(=O)c2ccc(C)cc2)o1. The maximum atomic E-state index is 12.2. The van der Waals surface area contributed by atoms with Crippen LogP contribution in [-0.4, -0.2) is 33.2 Å². The van der Waals surface area contributed by atoms with Crippen molar-refractivity contribution in [1.29, 1.82) is 0 Å². The standard InChI is InChI=1S/C17H18O7S/c1-12-3-6-14(7-4-12)25(20,21)10-9-16(18)23-11-13-5-8-15(24-13)17(19)22-2/h3-8H,9-11H2,1-2H3. The minimum absolute atomic E-state index is 0.00417. The molecule has 0 amide bonds. The normalized spacial score (nSPS) is 11.1. The van der Waals surface area contributed by atoms with E-state index in [1.165, 1.54) is 31.4 Å². The molecule has 0 spiro atoms. The monoisotopic (exact) mass is 366 g/mol. The lowest BCUT2D eigenvalue weighted by Gasteiger charge is -2.05. The molecule has 25 heavy (non-hydrogen) atoms. The Kier molecular flexibility index (Phi) is 5.97. The van der Waals surface area contributed by atoms with Crippen LogP contribution in [0.2, 0.25) is 0 Å². The van der Waals surface area contributed by atoms with Crippen molar-refractivity contribution in [1.82, 2.24) is 0 Å². The molecule has 2 aromatic rings. The Morgan fingerprint density at radius 3 is 2.40 bits per heavy atom. The first kappa shape index (κ1) is 18.7. The van der Waals surface area contributed by atoms with Gasteiger partial charge in [-0.25, -0.2) is 13.2 Å². The van der Waals surface area contributed by atoms with Crippen LogP contribution in [0.25, 0.3) is 0 Å². The highest BCUT2D eigenvalue weighted by molar-refractivity contribution is 7.91. The summed E-state index contributed by atoms with van der Waals surface area (Å²) >= 11 is 0. The summed E-state index contributed by atoms with van der Waals surface area (Å²) in [5, 5.41) is 0. The predicted molar refractivity (Wildman–Crippen MR) is 87.7 cm³/mol. The van der Waals surface area contributed by atoms with Crippen LogP contribution in [0.15, 0.2) is 45.7 Å². The van der Waals surface area contributed by atoms with Gasteiger partial charge in [0.2, 0.25) is 5.76 Å². The van der Waals surface area contributed by atoms with Gasteiger partial charge in [-0.05, 0) is 31.2 Å². The van der Waals surface area contributed by atoms with Gasteiger partial charge in [0.1, 0.15) is 12.4 Å². The largest absolute Gasteiger partial charge is 0.463 e. The van der Waals surface area contributed by atoms with Crippen molar-refractivity contribution >= 4 is 21.8 Å². The van der Waals surface area contributed by atoms with Gasteiger partial charge in [-0.15, -0.1) is 0 Å². The van der Waals surface area contributed by atoms with Crippen LogP contribution >= 0.6 is 0 Å². The van der Waals surface area contributed by atoms with E-state index in [0.717, 1.165) is 5.56 Å². The number of carbonyl (C=O) groups is 2. The van der Waals surface area contributed by atoms with Crippen molar-refractivity contribution < 1.29 is 31.9 Å². The molecule has 2 rings (SSSR count).